The van der Waals surface area contributed by atoms with Gasteiger partial charge >= 0.3 is 0 Å². The van der Waals surface area contributed by atoms with Crippen LogP contribution in [-0.4, -0.2) is 28.6 Å². The second-order valence-corrected chi connectivity index (χ2v) is 3.80. The summed E-state index contributed by atoms with van der Waals surface area (Å²) in [6, 6.07) is 9.54. The van der Waals surface area contributed by atoms with Gasteiger partial charge in [0.15, 0.2) is 0 Å². The highest BCUT2D eigenvalue weighted by molar-refractivity contribution is 5.31. The predicted octanol–water partition coefficient (Wildman–Crippen LogP) is 1.77. The first-order valence-corrected chi connectivity index (χ1v) is 5.61. The molecule has 19 heavy (non-hydrogen) atoms. The minimum absolute atomic E-state index is 0.163. The van der Waals surface area contributed by atoms with E-state index in [9.17, 15) is 10.1 Å². The molecule has 2 rings (SSSR count). The molecule has 7 heteroatoms. The van der Waals surface area contributed by atoms with E-state index in [2.05, 4.69) is 9.94 Å². The van der Waals surface area contributed by atoms with Crippen LogP contribution in [0.15, 0.2) is 42.7 Å². The summed E-state index contributed by atoms with van der Waals surface area (Å²) < 4.78 is 6.83. The zero-order valence-corrected chi connectivity index (χ0v) is 10.3. The normalized spacial score (nSPS) is 12.1. The van der Waals surface area contributed by atoms with Crippen molar-refractivity contribution < 1.29 is 14.7 Å². The monoisotopic (exact) mass is 263 g/mol. The second-order valence-electron chi connectivity index (χ2n) is 3.80. The van der Waals surface area contributed by atoms with Crippen LogP contribution in [0.3, 0.4) is 0 Å². The molecule has 0 amide bonds. The quantitative estimate of drug-likeness (QED) is 0.586. The van der Waals surface area contributed by atoms with Crippen LogP contribution in [-0.2, 0) is 9.57 Å². The van der Waals surface area contributed by atoms with Crippen LogP contribution >= 0.6 is 0 Å². The molecular formula is C12H13N3O4. The summed E-state index contributed by atoms with van der Waals surface area (Å²) in [6.07, 6.45) is 2.83. The van der Waals surface area contributed by atoms with E-state index in [0.29, 0.717) is 5.56 Å². The lowest BCUT2D eigenvalue weighted by atomic mass is 10.2. The molecule has 1 unspecified atom stereocenters. The minimum atomic E-state index is -0.840. The van der Waals surface area contributed by atoms with Gasteiger partial charge in [-0.3, -0.25) is 0 Å². The predicted molar refractivity (Wildman–Crippen MR) is 66.3 cm³/mol. The largest absolute Gasteiger partial charge is 0.375 e. The molecule has 0 bridgehead atoms. The summed E-state index contributed by atoms with van der Waals surface area (Å²) in [4.78, 5) is 14.5. The lowest BCUT2D eigenvalue weighted by Gasteiger charge is -2.11. The minimum Gasteiger partial charge on any atom is -0.375 e. The summed E-state index contributed by atoms with van der Waals surface area (Å²) in [5, 5.41) is 13.5. The van der Waals surface area contributed by atoms with Crippen LogP contribution in [0.2, 0.25) is 0 Å². The molecular weight excluding hydrogens is 250 g/mol. The molecule has 0 aliphatic heterocycles. The molecule has 0 N–H and O–H groups in total. The molecule has 0 fully saturated rings. The Kier molecular flexibility index (Phi) is 4.09. The molecule has 2 aromatic rings. The van der Waals surface area contributed by atoms with Gasteiger partial charge in [0.05, 0.1) is 11.9 Å². The lowest BCUT2D eigenvalue weighted by molar-refractivity contribution is -0.759. The van der Waals surface area contributed by atoms with Crippen molar-refractivity contribution in [2.45, 2.75) is 6.10 Å². The van der Waals surface area contributed by atoms with Gasteiger partial charge in [-0.2, -0.15) is 5.10 Å². The van der Waals surface area contributed by atoms with Crippen molar-refractivity contribution in [1.82, 2.24) is 9.78 Å². The van der Waals surface area contributed by atoms with Crippen LogP contribution in [0.25, 0.3) is 5.69 Å². The summed E-state index contributed by atoms with van der Waals surface area (Å²) in [5.74, 6) is 0. The van der Waals surface area contributed by atoms with Crippen LogP contribution < -0.4 is 0 Å². The van der Waals surface area contributed by atoms with E-state index < -0.39 is 11.2 Å². The Morgan fingerprint density at radius 1 is 1.42 bits per heavy atom. The number of benzene rings is 1. The van der Waals surface area contributed by atoms with Crippen molar-refractivity contribution in [3.05, 3.63) is 58.4 Å². The van der Waals surface area contributed by atoms with E-state index in [4.69, 9.17) is 4.74 Å². The Hall–Kier alpha value is -2.41. The highest BCUT2D eigenvalue weighted by Gasteiger charge is 2.15. The maximum atomic E-state index is 10.2. The Balaban J connectivity index is 2.13. The standard InChI is InChI=1S/C12H13N3O4/c1-18-12(9-19-15(16)17)10-7-13-14(8-10)11-5-3-2-4-6-11/h2-8,12H,9H2,1H3. The van der Waals surface area contributed by atoms with Crippen molar-refractivity contribution in [3.63, 3.8) is 0 Å². The van der Waals surface area contributed by atoms with Gasteiger partial charge in [-0.05, 0) is 12.1 Å². The molecule has 1 aromatic heterocycles. The molecule has 0 aliphatic carbocycles. The number of rotatable bonds is 6. The van der Waals surface area contributed by atoms with E-state index in [1.165, 1.54) is 7.11 Å². The van der Waals surface area contributed by atoms with Crippen molar-refractivity contribution in [1.29, 1.82) is 0 Å². The van der Waals surface area contributed by atoms with Gasteiger partial charge in [0.25, 0.3) is 5.09 Å². The first kappa shape index (κ1) is 13.0. The van der Waals surface area contributed by atoms with Crippen LogP contribution in [0.1, 0.15) is 11.7 Å². The molecule has 1 atom stereocenters. The number of aromatic nitrogens is 2. The van der Waals surface area contributed by atoms with E-state index in [0.717, 1.165) is 5.69 Å². The fourth-order valence-electron chi connectivity index (χ4n) is 1.65. The smallest absolute Gasteiger partial charge is 0.294 e. The number of hydrogen-bond donors (Lipinski definition) is 0. The average Bonchev–Trinajstić information content (AvgIpc) is 2.90. The molecule has 1 heterocycles. The van der Waals surface area contributed by atoms with Crippen molar-refractivity contribution in [2.75, 3.05) is 13.7 Å². The molecule has 0 aliphatic rings. The molecule has 1 aromatic carbocycles. The van der Waals surface area contributed by atoms with Gasteiger partial charge in [0.1, 0.15) is 12.7 Å². The number of para-hydroxylation sites is 1. The third kappa shape index (κ3) is 3.29. The van der Waals surface area contributed by atoms with Crippen LogP contribution in [0.4, 0.5) is 0 Å². The third-order valence-electron chi connectivity index (χ3n) is 2.61. The molecule has 0 saturated heterocycles. The van der Waals surface area contributed by atoms with Gasteiger partial charge in [0.2, 0.25) is 0 Å². The highest BCUT2D eigenvalue weighted by atomic mass is 17.0. The average molecular weight is 263 g/mol. The SMILES string of the molecule is COC(CO[N+](=O)[O-])c1cnn(-c2ccccc2)c1. The molecule has 0 saturated carbocycles. The Morgan fingerprint density at radius 3 is 2.79 bits per heavy atom. The first-order chi connectivity index (χ1) is 9.20. The van der Waals surface area contributed by atoms with E-state index in [-0.39, 0.29) is 6.61 Å². The molecule has 100 valence electrons. The molecule has 0 spiro atoms. The Labute approximate surface area is 109 Å². The van der Waals surface area contributed by atoms with E-state index in [1.807, 2.05) is 30.3 Å². The van der Waals surface area contributed by atoms with E-state index >= 15 is 0 Å². The van der Waals surface area contributed by atoms with Crippen LogP contribution in [0.5, 0.6) is 0 Å². The van der Waals surface area contributed by atoms with E-state index in [1.54, 1.807) is 17.1 Å². The maximum absolute atomic E-state index is 10.2. The zero-order chi connectivity index (χ0) is 13.7. The number of ether oxygens (including phenoxy) is 1. The first-order valence-electron chi connectivity index (χ1n) is 5.61. The Bertz CT molecular complexity index is 541. The second kappa shape index (κ2) is 5.96. The third-order valence-corrected chi connectivity index (χ3v) is 2.61. The fourth-order valence-corrected chi connectivity index (χ4v) is 1.65. The topological polar surface area (TPSA) is 79.4 Å². The molecule has 0 radical (unpaired) electrons. The van der Waals surface area contributed by atoms with Gasteiger partial charge < -0.3 is 9.57 Å². The highest BCUT2D eigenvalue weighted by Crippen LogP contribution is 2.18. The molecule has 7 nitrogen and oxygen atoms in total. The van der Waals surface area contributed by atoms with Gasteiger partial charge in [-0.25, -0.2) is 4.68 Å². The number of methoxy groups -OCH3 is 1. The summed E-state index contributed by atoms with van der Waals surface area (Å²) in [6.45, 7) is -0.163. The zero-order valence-electron chi connectivity index (χ0n) is 10.3. The summed E-state index contributed by atoms with van der Waals surface area (Å²) in [7, 11) is 1.47. The lowest BCUT2D eigenvalue weighted by Crippen LogP contribution is -2.12. The van der Waals surface area contributed by atoms with Crippen LogP contribution in [0, 0.1) is 10.1 Å². The maximum Gasteiger partial charge on any atom is 0.294 e. The van der Waals surface area contributed by atoms with Gasteiger partial charge in [-0.15, -0.1) is 10.1 Å². The van der Waals surface area contributed by atoms with Gasteiger partial charge in [0, 0.05) is 18.9 Å². The summed E-state index contributed by atoms with van der Waals surface area (Å²) in [5.41, 5.74) is 1.62. The van der Waals surface area contributed by atoms with Crippen molar-refractivity contribution >= 4 is 0 Å². The number of hydrogen-bond acceptors (Lipinski definition) is 5. The van der Waals surface area contributed by atoms with Gasteiger partial charge in [-0.1, -0.05) is 18.2 Å². The fraction of sp³-hybridized carbons (Fsp3) is 0.250. The van der Waals surface area contributed by atoms with Crippen molar-refractivity contribution in [3.8, 4) is 5.69 Å². The van der Waals surface area contributed by atoms with Crippen molar-refractivity contribution in [2.24, 2.45) is 0 Å². The Morgan fingerprint density at radius 2 is 2.16 bits per heavy atom. The number of nitrogens with zero attached hydrogens (tertiary/aromatic N) is 3. The summed E-state index contributed by atoms with van der Waals surface area (Å²) >= 11 is 0.